The highest BCUT2D eigenvalue weighted by atomic mass is 35.5. The molecule has 2 nitrogen and oxygen atoms in total. The van der Waals surface area contributed by atoms with Gasteiger partial charge in [0.1, 0.15) is 5.75 Å². The van der Waals surface area contributed by atoms with E-state index in [1.165, 1.54) is 6.07 Å². The lowest BCUT2D eigenvalue weighted by atomic mass is 10.2. The van der Waals surface area contributed by atoms with Gasteiger partial charge in [-0.1, -0.05) is 23.6 Å². The monoisotopic (exact) mass is 195 g/mol. The molecule has 68 valence electrons. The normalized spacial score (nSPS) is 9.54. The van der Waals surface area contributed by atoms with Crippen LogP contribution in [0.5, 0.6) is 5.75 Å². The summed E-state index contributed by atoms with van der Waals surface area (Å²) >= 11 is 5.67. The standard InChI is InChI=1S/C10H10ClNO/c1-2-5-12-7-8-3-4-9(11)6-10(8)13/h1,3-4,6,12-13H,5,7H2. The molecule has 0 amide bonds. The van der Waals surface area contributed by atoms with Gasteiger partial charge in [-0.15, -0.1) is 6.42 Å². The number of terminal acetylenes is 1. The molecule has 0 bridgehead atoms. The number of aromatic hydroxyl groups is 1. The zero-order valence-electron chi connectivity index (χ0n) is 7.05. The molecule has 3 heteroatoms. The van der Waals surface area contributed by atoms with Gasteiger partial charge in [-0.2, -0.15) is 0 Å². The van der Waals surface area contributed by atoms with Crippen molar-refractivity contribution in [1.82, 2.24) is 5.32 Å². The molecule has 1 rings (SSSR count). The van der Waals surface area contributed by atoms with E-state index in [1.807, 2.05) is 0 Å². The summed E-state index contributed by atoms with van der Waals surface area (Å²) in [6, 6.07) is 5.00. The third-order valence-corrected chi connectivity index (χ3v) is 1.82. The van der Waals surface area contributed by atoms with Crippen LogP contribution >= 0.6 is 11.6 Å². The fourth-order valence-corrected chi connectivity index (χ4v) is 1.12. The summed E-state index contributed by atoms with van der Waals surface area (Å²) in [6.45, 7) is 1.04. The first kappa shape index (κ1) is 9.91. The van der Waals surface area contributed by atoms with Crippen molar-refractivity contribution in [2.24, 2.45) is 0 Å². The third kappa shape index (κ3) is 2.98. The Morgan fingerprint density at radius 3 is 2.92 bits per heavy atom. The summed E-state index contributed by atoms with van der Waals surface area (Å²) in [5.74, 6) is 2.64. The predicted molar refractivity (Wildman–Crippen MR) is 53.7 cm³/mol. The van der Waals surface area contributed by atoms with Crippen LogP contribution in [0, 0.1) is 12.3 Å². The van der Waals surface area contributed by atoms with Crippen LogP contribution in [0.1, 0.15) is 5.56 Å². The molecule has 0 heterocycles. The molecular formula is C10H10ClNO. The third-order valence-electron chi connectivity index (χ3n) is 1.59. The predicted octanol–water partition coefficient (Wildman–Crippen LogP) is 1.77. The van der Waals surface area contributed by atoms with Crippen molar-refractivity contribution in [3.8, 4) is 18.1 Å². The highest BCUT2D eigenvalue weighted by Crippen LogP contribution is 2.21. The molecule has 13 heavy (non-hydrogen) atoms. The summed E-state index contributed by atoms with van der Waals surface area (Å²) < 4.78 is 0. The quantitative estimate of drug-likeness (QED) is 0.569. The van der Waals surface area contributed by atoms with Gasteiger partial charge in [0.15, 0.2) is 0 Å². The Labute approximate surface area is 82.5 Å². The van der Waals surface area contributed by atoms with Gasteiger partial charge in [0.25, 0.3) is 0 Å². The van der Waals surface area contributed by atoms with Crippen LogP contribution in [0.4, 0.5) is 0 Å². The number of hydrogen-bond acceptors (Lipinski definition) is 2. The second-order valence-corrected chi connectivity index (χ2v) is 3.02. The van der Waals surface area contributed by atoms with Crippen molar-refractivity contribution in [3.63, 3.8) is 0 Å². The minimum atomic E-state index is 0.192. The largest absolute Gasteiger partial charge is 0.508 e. The van der Waals surface area contributed by atoms with Crippen LogP contribution in [-0.4, -0.2) is 11.7 Å². The van der Waals surface area contributed by atoms with Crippen molar-refractivity contribution in [1.29, 1.82) is 0 Å². The number of benzene rings is 1. The topological polar surface area (TPSA) is 32.3 Å². The fraction of sp³-hybridized carbons (Fsp3) is 0.200. The van der Waals surface area contributed by atoms with Crippen molar-refractivity contribution in [2.45, 2.75) is 6.54 Å². The van der Waals surface area contributed by atoms with Crippen LogP contribution in [0.25, 0.3) is 0 Å². The molecule has 0 saturated heterocycles. The van der Waals surface area contributed by atoms with E-state index in [0.29, 0.717) is 18.1 Å². The Hall–Kier alpha value is -1.17. The van der Waals surface area contributed by atoms with E-state index in [1.54, 1.807) is 12.1 Å². The second-order valence-electron chi connectivity index (χ2n) is 2.58. The Morgan fingerprint density at radius 1 is 1.54 bits per heavy atom. The number of rotatable bonds is 3. The van der Waals surface area contributed by atoms with Crippen LogP contribution in [0.3, 0.4) is 0 Å². The molecule has 0 aromatic heterocycles. The number of halogens is 1. The average molecular weight is 196 g/mol. The van der Waals surface area contributed by atoms with E-state index >= 15 is 0 Å². The molecule has 0 unspecified atom stereocenters. The summed E-state index contributed by atoms with van der Waals surface area (Å²) in [6.07, 6.45) is 5.06. The summed E-state index contributed by atoms with van der Waals surface area (Å²) in [5.41, 5.74) is 0.791. The van der Waals surface area contributed by atoms with Gasteiger partial charge in [0, 0.05) is 17.1 Å². The van der Waals surface area contributed by atoms with E-state index in [4.69, 9.17) is 18.0 Å². The Balaban J connectivity index is 2.62. The first-order valence-corrected chi connectivity index (χ1v) is 4.23. The molecule has 1 aromatic carbocycles. The van der Waals surface area contributed by atoms with Crippen molar-refractivity contribution >= 4 is 11.6 Å². The average Bonchev–Trinajstić information content (AvgIpc) is 2.09. The van der Waals surface area contributed by atoms with Crippen molar-refractivity contribution < 1.29 is 5.11 Å². The molecule has 2 N–H and O–H groups in total. The summed E-state index contributed by atoms with van der Waals surface area (Å²) in [7, 11) is 0. The minimum absolute atomic E-state index is 0.192. The molecule has 0 spiro atoms. The van der Waals surface area contributed by atoms with E-state index in [0.717, 1.165) is 5.56 Å². The molecule has 0 saturated carbocycles. The molecule has 0 atom stereocenters. The maximum atomic E-state index is 9.41. The Kier molecular flexibility index (Phi) is 3.63. The highest BCUT2D eigenvalue weighted by Gasteiger charge is 2.00. The molecule has 0 aliphatic rings. The van der Waals surface area contributed by atoms with Crippen molar-refractivity contribution in [3.05, 3.63) is 28.8 Å². The summed E-state index contributed by atoms with van der Waals surface area (Å²) in [5, 5.41) is 12.9. The lowest BCUT2D eigenvalue weighted by Crippen LogP contribution is -2.12. The Bertz CT molecular complexity index is 330. The maximum absolute atomic E-state index is 9.41. The van der Waals surface area contributed by atoms with E-state index < -0.39 is 0 Å². The van der Waals surface area contributed by atoms with Gasteiger partial charge in [-0.3, -0.25) is 0 Å². The molecule has 0 fully saturated rings. The van der Waals surface area contributed by atoms with Crippen LogP contribution in [-0.2, 0) is 6.54 Å². The van der Waals surface area contributed by atoms with Gasteiger partial charge in [0.05, 0.1) is 6.54 Å². The first-order chi connectivity index (χ1) is 6.24. The zero-order valence-corrected chi connectivity index (χ0v) is 7.80. The van der Waals surface area contributed by atoms with Gasteiger partial charge < -0.3 is 10.4 Å². The maximum Gasteiger partial charge on any atom is 0.121 e. The Morgan fingerprint density at radius 2 is 2.31 bits per heavy atom. The van der Waals surface area contributed by atoms with Gasteiger partial charge in [-0.25, -0.2) is 0 Å². The first-order valence-electron chi connectivity index (χ1n) is 3.85. The van der Waals surface area contributed by atoms with E-state index in [9.17, 15) is 5.11 Å². The smallest absolute Gasteiger partial charge is 0.121 e. The minimum Gasteiger partial charge on any atom is -0.508 e. The second kappa shape index (κ2) is 4.76. The van der Waals surface area contributed by atoms with Gasteiger partial charge >= 0.3 is 0 Å². The fourth-order valence-electron chi connectivity index (χ4n) is 0.956. The SMILES string of the molecule is C#CCNCc1ccc(Cl)cc1O. The van der Waals surface area contributed by atoms with Crippen molar-refractivity contribution in [2.75, 3.05) is 6.54 Å². The lowest BCUT2D eigenvalue weighted by Gasteiger charge is -2.04. The lowest BCUT2D eigenvalue weighted by molar-refractivity contribution is 0.465. The van der Waals surface area contributed by atoms with E-state index in [2.05, 4.69) is 11.2 Å². The number of hydrogen-bond donors (Lipinski definition) is 2. The summed E-state index contributed by atoms with van der Waals surface area (Å²) in [4.78, 5) is 0. The number of phenolic OH excluding ortho intramolecular Hbond substituents is 1. The molecule has 1 aromatic rings. The molecule has 0 aliphatic heterocycles. The van der Waals surface area contributed by atoms with Crippen LogP contribution in [0.15, 0.2) is 18.2 Å². The van der Waals surface area contributed by atoms with Crippen LogP contribution < -0.4 is 5.32 Å². The van der Waals surface area contributed by atoms with Crippen LogP contribution in [0.2, 0.25) is 5.02 Å². The van der Waals surface area contributed by atoms with Gasteiger partial charge in [-0.05, 0) is 12.1 Å². The number of nitrogens with one attached hydrogen (secondary N) is 1. The van der Waals surface area contributed by atoms with Gasteiger partial charge in [0.2, 0.25) is 0 Å². The molecule has 0 radical (unpaired) electrons. The number of phenols is 1. The highest BCUT2D eigenvalue weighted by molar-refractivity contribution is 6.30. The van der Waals surface area contributed by atoms with E-state index in [-0.39, 0.29) is 5.75 Å². The molecule has 0 aliphatic carbocycles. The molecular weight excluding hydrogens is 186 g/mol. The zero-order chi connectivity index (χ0) is 9.68.